The van der Waals surface area contributed by atoms with Crippen molar-refractivity contribution < 1.29 is 0 Å². The highest BCUT2D eigenvalue weighted by Crippen LogP contribution is 2.19. The lowest BCUT2D eigenvalue weighted by Gasteiger charge is -2.31. The highest BCUT2D eigenvalue weighted by molar-refractivity contribution is 6.31. The van der Waals surface area contributed by atoms with Crippen molar-refractivity contribution in [3.8, 4) is 0 Å². The summed E-state index contributed by atoms with van der Waals surface area (Å²) in [6.07, 6.45) is 4.15. The molecule has 4 nitrogen and oxygen atoms in total. The van der Waals surface area contributed by atoms with E-state index in [0.717, 1.165) is 30.4 Å². The van der Waals surface area contributed by atoms with Gasteiger partial charge in [0.2, 0.25) is 0 Å². The Bertz CT molecular complexity index is 326. The highest BCUT2D eigenvalue weighted by Gasteiger charge is 2.19. The molecule has 0 aromatic carbocycles. The van der Waals surface area contributed by atoms with Gasteiger partial charge in [-0.2, -0.15) is 5.10 Å². The van der Waals surface area contributed by atoms with E-state index in [-0.39, 0.29) is 12.4 Å². The number of piperidine rings is 1. The molecular formula is C11H20Cl2N4. The van der Waals surface area contributed by atoms with Crippen molar-refractivity contribution in [1.82, 2.24) is 20.0 Å². The van der Waals surface area contributed by atoms with Crippen LogP contribution in [0.25, 0.3) is 0 Å². The van der Waals surface area contributed by atoms with Crippen molar-refractivity contribution >= 4 is 24.0 Å². The van der Waals surface area contributed by atoms with E-state index >= 15 is 0 Å². The minimum Gasteiger partial charge on any atom is -0.317 e. The van der Waals surface area contributed by atoms with Crippen LogP contribution in [0.3, 0.4) is 0 Å². The van der Waals surface area contributed by atoms with Crippen molar-refractivity contribution in [2.24, 2.45) is 7.05 Å². The van der Waals surface area contributed by atoms with Gasteiger partial charge in [0.25, 0.3) is 0 Å². The van der Waals surface area contributed by atoms with Crippen LogP contribution in [0.4, 0.5) is 0 Å². The number of nitrogens with one attached hydrogen (secondary N) is 1. The Morgan fingerprint density at radius 3 is 2.59 bits per heavy atom. The minimum absolute atomic E-state index is 0. The number of halogens is 2. The van der Waals surface area contributed by atoms with Crippen molar-refractivity contribution in [2.75, 3.05) is 20.1 Å². The predicted octanol–water partition coefficient (Wildman–Crippen LogP) is 1.68. The summed E-state index contributed by atoms with van der Waals surface area (Å²) < 4.78 is 1.87. The molecular weight excluding hydrogens is 259 g/mol. The van der Waals surface area contributed by atoms with Crippen molar-refractivity contribution in [2.45, 2.75) is 25.4 Å². The molecule has 1 aliphatic heterocycles. The Morgan fingerprint density at radius 2 is 2.12 bits per heavy atom. The molecule has 17 heavy (non-hydrogen) atoms. The number of likely N-dealkylation sites (tertiary alicyclic amines) is 1. The molecule has 1 fully saturated rings. The zero-order valence-corrected chi connectivity index (χ0v) is 11.9. The van der Waals surface area contributed by atoms with E-state index < -0.39 is 0 Å². The first kappa shape index (κ1) is 14.8. The molecule has 1 aromatic heterocycles. The van der Waals surface area contributed by atoms with Crippen LogP contribution >= 0.6 is 24.0 Å². The minimum atomic E-state index is 0. The van der Waals surface area contributed by atoms with E-state index in [2.05, 4.69) is 15.3 Å². The molecule has 1 aliphatic rings. The standard InChI is InChI=1S/C11H19ClN4.ClH/c1-13-9-3-5-16(6-4-9)8-11-10(12)7-14-15(11)2;/h7,9,13H,3-6,8H2,1-2H3;1H. The molecule has 2 rings (SSSR count). The first-order valence-corrected chi connectivity index (χ1v) is 6.14. The first-order valence-electron chi connectivity index (χ1n) is 5.76. The van der Waals surface area contributed by atoms with Gasteiger partial charge in [0.15, 0.2) is 0 Å². The fourth-order valence-electron chi connectivity index (χ4n) is 2.21. The number of hydrogen-bond acceptors (Lipinski definition) is 3. The second-order valence-corrected chi connectivity index (χ2v) is 4.81. The molecule has 1 saturated heterocycles. The summed E-state index contributed by atoms with van der Waals surface area (Å²) in [6.45, 7) is 3.17. The van der Waals surface area contributed by atoms with Crippen LogP contribution in [0.5, 0.6) is 0 Å². The van der Waals surface area contributed by atoms with E-state index in [9.17, 15) is 0 Å². The third-order valence-electron chi connectivity index (χ3n) is 3.38. The highest BCUT2D eigenvalue weighted by atomic mass is 35.5. The number of aryl methyl sites for hydroxylation is 1. The molecule has 0 saturated carbocycles. The van der Waals surface area contributed by atoms with Gasteiger partial charge in [0.05, 0.1) is 16.9 Å². The SMILES string of the molecule is CNC1CCN(Cc2c(Cl)cnn2C)CC1.Cl. The average molecular weight is 279 g/mol. The third kappa shape index (κ3) is 3.58. The van der Waals surface area contributed by atoms with Crippen LogP contribution in [-0.2, 0) is 13.6 Å². The molecule has 0 atom stereocenters. The molecule has 98 valence electrons. The van der Waals surface area contributed by atoms with Gasteiger partial charge < -0.3 is 5.32 Å². The van der Waals surface area contributed by atoms with E-state index in [1.807, 2.05) is 18.8 Å². The Labute approximate surface area is 114 Å². The van der Waals surface area contributed by atoms with Crippen LogP contribution < -0.4 is 5.32 Å². The second-order valence-electron chi connectivity index (χ2n) is 4.40. The lowest BCUT2D eigenvalue weighted by atomic mass is 10.1. The molecule has 0 bridgehead atoms. The fourth-order valence-corrected chi connectivity index (χ4v) is 2.43. The van der Waals surface area contributed by atoms with E-state index in [4.69, 9.17) is 11.6 Å². The summed E-state index contributed by atoms with van der Waals surface area (Å²) in [5.41, 5.74) is 1.12. The quantitative estimate of drug-likeness (QED) is 0.914. The lowest BCUT2D eigenvalue weighted by molar-refractivity contribution is 0.190. The van der Waals surface area contributed by atoms with Crippen molar-refractivity contribution in [3.05, 3.63) is 16.9 Å². The summed E-state index contributed by atoms with van der Waals surface area (Å²) in [5.74, 6) is 0. The summed E-state index contributed by atoms with van der Waals surface area (Å²) in [5, 5.41) is 8.27. The normalized spacial score (nSPS) is 18.1. The predicted molar refractivity (Wildman–Crippen MR) is 72.8 cm³/mol. The summed E-state index contributed by atoms with van der Waals surface area (Å²) in [6, 6.07) is 0.679. The Hall–Kier alpha value is -0.290. The van der Waals surface area contributed by atoms with Gasteiger partial charge in [0.1, 0.15) is 0 Å². The average Bonchev–Trinajstić information content (AvgIpc) is 2.62. The van der Waals surface area contributed by atoms with Gasteiger partial charge >= 0.3 is 0 Å². The van der Waals surface area contributed by atoms with Crippen LogP contribution in [-0.4, -0.2) is 40.9 Å². The Morgan fingerprint density at radius 1 is 1.47 bits per heavy atom. The Kier molecular flexibility index (Phi) is 5.73. The van der Waals surface area contributed by atoms with E-state index in [1.54, 1.807) is 6.20 Å². The zero-order valence-electron chi connectivity index (χ0n) is 10.3. The van der Waals surface area contributed by atoms with Crippen LogP contribution in [0, 0.1) is 0 Å². The van der Waals surface area contributed by atoms with Gasteiger partial charge in [-0.15, -0.1) is 12.4 Å². The van der Waals surface area contributed by atoms with Crippen LogP contribution in [0.1, 0.15) is 18.5 Å². The number of aromatic nitrogens is 2. The molecule has 2 heterocycles. The monoisotopic (exact) mass is 278 g/mol. The van der Waals surface area contributed by atoms with Gasteiger partial charge in [-0.3, -0.25) is 9.58 Å². The molecule has 0 radical (unpaired) electrons. The third-order valence-corrected chi connectivity index (χ3v) is 3.70. The van der Waals surface area contributed by atoms with Gasteiger partial charge in [-0.25, -0.2) is 0 Å². The summed E-state index contributed by atoms with van der Waals surface area (Å²) in [7, 11) is 3.99. The number of nitrogens with zero attached hydrogens (tertiary/aromatic N) is 3. The largest absolute Gasteiger partial charge is 0.317 e. The molecule has 6 heteroatoms. The zero-order chi connectivity index (χ0) is 11.5. The number of hydrogen-bond donors (Lipinski definition) is 1. The Balaban J connectivity index is 0.00000144. The molecule has 1 aromatic rings. The van der Waals surface area contributed by atoms with Crippen molar-refractivity contribution in [1.29, 1.82) is 0 Å². The molecule has 1 N–H and O–H groups in total. The van der Waals surface area contributed by atoms with Crippen molar-refractivity contribution in [3.63, 3.8) is 0 Å². The summed E-state index contributed by atoms with van der Waals surface area (Å²) >= 11 is 6.10. The molecule has 0 aliphatic carbocycles. The first-order chi connectivity index (χ1) is 7.70. The fraction of sp³-hybridized carbons (Fsp3) is 0.727. The number of rotatable bonds is 3. The van der Waals surface area contributed by atoms with E-state index in [0.29, 0.717) is 6.04 Å². The smallest absolute Gasteiger partial charge is 0.0831 e. The van der Waals surface area contributed by atoms with E-state index in [1.165, 1.54) is 12.8 Å². The lowest BCUT2D eigenvalue weighted by Crippen LogP contribution is -2.41. The maximum atomic E-state index is 6.10. The second kappa shape index (κ2) is 6.59. The molecule has 0 spiro atoms. The van der Waals surface area contributed by atoms with Crippen LogP contribution in [0.15, 0.2) is 6.20 Å². The molecule has 0 amide bonds. The van der Waals surface area contributed by atoms with Crippen LogP contribution in [0.2, 0.25) is 5.02 Å². The molecule has 0 unspecified atom stereocenters. The topological polar surface area (TPSA) is 33.1 Å². The van der Waals surface area contributed by atoms with Gasteiger partial charge in [0, 0.05) is 32.7 Å². The van der Waals surface area contributed by atoms with Gasteiger partial charge in [-0.1, -0.05) is 11.6 Å². The maximum Gasteiger partial charge on any atom is 0.0831 e. The summed E-state index contributed by atoms with van der Waals surface area (Å²) in [4.78, 5) is 2.44. The van der Waals surface area contributed by atoms with Gasteiger partial charge in [-0.05, 0) is 19.9 Å². The maximum absolute atomic E-state index is 6.10.